The van der Waals surface area contributed by atoms with Crippen LogP contribution in [0.1, 0.15) is 31.7 Å². The lowest BCUT2D eigenvalue weighted by Crippen LogP contribution is -2.35. The fourth-order valence-electron chi connectivity index (χ4n) is 4.37. The fraction of sp³-hybridized carbons (Fsp3) is 0.333. The van der Waals surface area contributed by atoms with Crippen LogP contribution in [0.4, 0.5) is 4.79 Å². The predicted molar refractivity (Wildman–Crippen MR) is 116 cm³/mol. The topological polar surface area (TPSA) is 66.6 Å². The number of nitrogens with two attached hydrogens (primary N) is 1. The third kappa shape index (κ3) is 3.47. The van der Waals surface area contributed by atoms with Crippen molar-refractivity contribution in [1.82, 2.24) is 9.80 Å². The van der Waals surface area contributed by atoms with E-state index >= 15 is 0 Å². The molecule has 0 aliphatic carbocycles. The molecule has 4 rings (SSSR count). The summed E-state index contributed by atoms with van der Waals surface area (Å²) < 4.78 is 0. The van der Waals surface area contributed by atoms with Gasteiger partial charge >= 0.3 is 6.03 Å². The standard InChI is InChI=1S/C24H27N3O2/c1-2-26-23(28)22(13-7-8-14-25)27(24(26)29)16-21-19-11-5-3-9-17(19)15-18-10-4-6-12-20(18)21/h3-6,9-12,15,22H,2,7-8,13-14,16,25H2,1H3/t22-/m0/s1. The first-order valence-corrected chi connectivity index (χ1v) is 10.4. The average Bonchev–Trinajstić information content (AvgIpc) is 2.97. The highest BCUT2D eigenvalue weighted by molar-refractivity contribution is 6.06. The van der Waals surface area contributed by atoms with Crippen molar-refractivity contribution in [2.45, 2.75) is 38.8 Å². The minimum atomic E-state index is -0.410. The largest absolute Gasteiger partial charge is 0.330 e. The van der Waals surface area contributed by atoms with Crippen LogP contribution in [-0.2, 0) is 11.3 Å². The summed E-state index contributed by atoms with van der Waals surface area (Å²) in [5.41, 5.74) is 6.73. The van der Waals surface area contributed by atoms with Crippen LogP contribution in [0, 0.1) is 0 Å². The number of nitrogens with zero attached hydrogens (tertiary/aromatic N) is 2. The quantitative estimate of drug-likeness (QED) is 0.373. The smallest absolute Gasteiger partial charge is 0.327 e. The first-order valence-electron chi connectivity index (χ1n) is 10.4. The van der Waals surface area contributed by atoms with E-state index in [0.29, 0.717) is 26.1 Å². The minimum absolute atomic E-state index is 0.0842. The number of unbranched alkanes of at least 4 members (excludes halogenated alkanes) is 1. The van der Waals surface area contributed by atoms with Crippen LogP contribution in [0.3, 0.4) is 0 Å². The lowest BCUT2D eigenvalue weighted by atomic mass is 9.96. The molecular weight excluding hydrogens is 362 g/mol. The van der Waals surface area contributed by atoms with E-state index < -0.39 is 6.04 Å². The second-order valence-electron chi connectivity index (χ2n) is 7.59. The third-order valence-corrected chi connectivity index (χ3v) is 5.86. The Bertz CT molecular complexity index is 1010. The Labute approximate surface area is 171 Å². The summed E-state index contributed by atoms with van der Waals surface area (Å²) in [7, 11) is 0. The van der Waals surface area contributed by atoms with Gasteiger partial charge in [-0.25, -0.2) is 4.79 Å². The van der Waals surface area contributed by atoms with Gasteiger partial charge in [0.2, 0.25) is 0 Å². The molecule has 5 nitrogen and oxygen atoms in total. The Hall–Kier alpha value is -2.92. The maximum absolute atomic E-state index is 13.1. The summed E-state index contributed by atoms with van der Waals surface area (Å²) in [6.45, 7) is 3.28. The summed E-state index contributed by atoms with van der Waals surface area (Å²) in [4.78, 5) is 29.1. The molecule has 3 aromatic rings. The van der Waals surface area contributed by atoms with Gasteiger partial charge in [-0.15, -0.1) is 0 Å². The van der Waals surface area contributed by atoms with Crippen LogP contribution >= 0.6 is 0 Å². The van der Waals surface area contributed by atoms with Gasteiger partial charge in [0.1, 0.15) is 6.04 Å². The van der Waals surface area contributed by atoms with Crippen molar-refractivity contribution >= 4 is 33.5 Å². The second kappa shape index (κ2) is 8.21. The number of fused-ring (bicyclic) bond motifs is 2. The maximum Gasteiger partial charge on any atom is 0.327 e. The molecule has 3 amide bonds. The van der Waals surface area contributed by atoms with Crippen LogP contribution < -0.4 is 5.73 Å². The van der Waals surface area contributed by atoms with E-state index in [2.05, 4.69) is 30.3 Å². The van der Waals surface area contributed by atoms with Crippen LogP contribution in [0.2, 0.25) is 0 Å². The number of imide groups is 1. The first-order chi connectivity index (χ1) is 14.2. The van der Waals surface area contributed by atoms with Crippen LogP contribution in [0.25, 0.3) is 21.5 Å². The number of urea groups is 1. The number of hydrogen-bond acceptors (Lipinski definition) is 3. The van der Waals surface area contributed by atoms with Crippen LogP contribution in [-0.4, -0.2) is 40.9 Å². The molecule has 1 heterocycles. The Kier molecular flexibility index (Phi) is 5.49. The molecule has 0 unspecified atom stereocenters. The molecule has 1 aliphatic heterocycles. The zero-order chi connectivity index (χ0) is 20.4. The normalized spacial score (nSPS) is 17.1. The van der Waals surface area contributed by atoms with Crippen LogP contribution in [0.15, 0.2) is 54.6 Å². The van der Waals surface area contributed by atoms with Crippen molar-refractivity contribution in [3.8, 4) is 0 Å². The van der Waals surface area contributed by atoms with E-state index in [4.69, 9.17) is 5.73 Å². The highest BCUT2D eigenvalue weighted by atomic mass is 16.2. The molecular formula is C24H27N3O2. The van der Waals surface area contributed by atoms with Crippen molar-refractivity contribution in [2.24, 2.45) is 5.73 Å². The number of likely N-dealkylation sites (N-methyl/N-ethyl adjacent to an activating group) is 1. The summed E-state index contributed by atoms with van der Waals surface area (Å²) >= 11 is 0. The Morgan fingerprint density at radius 3 is 2.14 bits per heavy atom. The van der Waals surface area contributed by atoms with Gasteiger partial charge in [0.25, 0.3) is 5.91 Å². The molecule has 5 heteroatoms. The number of carbonyl (C=O) groups is 2. The second-order valence-corrected chi connectivity index (χ2v) is 7.59. The number of amides is 3. The van der Waals surface area contributed by atoms with E-state index in [0.717, 1.165) is 39.9 Å². The number of rotatable bonds is 7. The van der Waals surface area contributed by atoms with Crippen LogP contribution in [0.5, 0.6) is 0 Å². The molecule has 1 saturated heterocycles. The van der Waals surface area contributed by atoms with Gasteiger partial charge in [-0.1, -0.05) is 48.5 Å². The zero-order valence-corrected chi connectivity index (χ0v) is 16.8. The predicted octanol–water partition coefficient (Wildman–Crippen LogP) is 4.27. The highest BCUT2D eigenvalue weighted by Crippen LogP contribution is 2.32. The lowest BCUT2D eigenvalue weighted by molar-refractivity contribution is -0.128. The van der Waals surface area contributed by atoms with Crippen molar-refractivity contribution in [3.05, 3.63) is 60.2 Å². The highest BCUT2D eigenvalue weighted by Gasteiger charge is 2.43. The van der Waals surface area contributed by atoms with E-state index in [-0.39, 0.29) is 11.9 Å². The molecule has 29 heavy (non-hydrogen) atoms. The number of hydrogen-bond donors (Lipinski definition) is 1. The van der Waals surface area contributed by atoms with E-state index in [1.807, 2.05) is 31.2 Å². The van der Waals surface area contributed by atoms with Gasteiger partial charge in [-0.05, 0) is 65.9 Å². The maximum atomic E-state index is 13.1. The Morgan fingerprint density at radius 2 is 1.55 bits per heavy atom. The molecule has 0 aromatic heterocycles. The summed E-state index contributed by atoms with van der Waals surface area (Å²) in [6, 6.07) is 18.1. The summed E-state index contributed by atoms with van der Waals surface area (Å²) in [5.74, 6) is -0.0842. The van der Waals surface area contributed by atoms with Gasteiger partial charge in [0, 0.05) is 13.1 Å². The summed E-state index contributed by atoms with van der Waals surface area (Å²) in [6.07, 6.45) is 2.35. The molecule has 0 spiro atoms. The first kappa shape index (κ1) is 19.4. The molecule has 150 valence electrons. The van der Waals surface area contributed by atoms with E-state index in [9.17, 15) is 9.59 Å². The van der Waals surface area contributed by atoms with Gasteiger partial charge < -0.3 is 10.6 Å². The molecule has 1 atom stereocenters. The SMILES string of the molecule is CCN1C(=O)[C@H](CCCCN)N(Cc2c3ccccc3cc3ccccc23)C1=O. The van der Waals surface area contributed by atoms with E-state index in [1.54, 1.807) is 4.90 Å². The zero-order valence-electron chi connectivity index (χ0n) is 16.8. The molecule has 1 aliphatic rings. The monoisotopic (exact) mass is 389 g/mol. The van der Waals surface area contributed by atoms with Gasteiger partial charge in [-0.3, -0.25) is 9.69 Å². The number of benzene rings is 3. The Balaban J connectivity index is 1.78. The third-order valence-electron chi connectivity index (χ3n) is 5.86. The molecule has 2 N–H and O–H groups in total. The van der Waals surface area contributed by atoms with E-state index in [1.165, 1.54) is 4.90 Å². The van der Waals surface area contributed by atoms with Gasteiger partial charge in [0.15, 0.2) is 0 Å². The van der Waals surface area contributed by atoms with Gasteiger partial charge in [-0.2, -0.15) is 0 Å². The van der Waals surface area contributed by atoms with Crippen molar-refractivity contribution in [2.75, 3.05) is 13.1 Å². The van der Waals surface area contributed by atoms with Crippen molar-refractivity contribution < 1.29 is 9.59 Å². The minimum Gasteiger partial charge on any atom is -0.330 e. The van der Waals surface area contributed by atoms with Crippen molar-refractivity contribution in [3.63, 3.8) is 0 Å². The molecule has 1 fully saturated rings. The summed E-state index contributed by atoms with van der Waals surface area (Å²) in [5, 5.41) is 4.54. The number of carbonyl (C=O) groups excluding carboxylic acids is 2. The molecule has 0 radical (unpaired) electrons. The Morgan fingerprint density at radius 1 is 0.931 bits per heavy atom. The van der Waals surface area contributed by atoms with Gasteiger partial charge in [0.05, 0.1) is 0 Å². The van der Waals surface area contributed by atoms with Crippen molar-refractivity contribution in [1.29, 1.82) is 0 Å². The fourth-order valence-corrected chi connectivity index (χ4v) is 4.37. The average molecular weight is 389 g/mol. The molecule has 3 aromatic carbocycles. The lowest BCUT2D eigenvalue weighted by Gasteiger charge is -2.24. The molecule has 0 bridgehead atoms. The molecule has 0 saturated carbocycles.